The largest absolute Gasteiger partial charge is 0.394 e. The first-order valence-corrected chi connectivity index (χ1v) is 4.09. The van der Waals surface area contributed by atoms with E-state index in [1.807, 2.05) is 0 Å². The monoisotopic (exact) mass is 193 g/mol. The summed E-state index contributed by atoms with van der Waals surface area (Å²) in [6.45, 7) is -0.509. The maximum atomic E-state index is 9.50. The second-order valence-electron chi connectivity index (χ2n) is 3.05. The molecule has 1 saturated heterocycles. The van der Waals surface area contributed by atoms with Crippen LogP contribution in [0.25, 0.3) is 0 Å². The van der Waals surface area contributed by atoms with Gasteiger partial charge in [-0.15, -0.1) is 0 Å². The van der Waals surface area contributed by atoms with Gasteiger partial charge >= 0.3 is 0 Å². The Balaban J connectivity index is 2.61. The minimum Gasteiger partial charge on any atom is -0.394 e. The van der Waals surface area contributed by atoms with Crippen molar-refractivity contribution < 1.29 is 25.2 Å². The maximum absolute atomic E-state index is 9.50. The van der Waals surface area contributed by atoms with Crippen LogP contribution in [0.15, 0.2) is 0 Å². The van der Waals surface area contributed by atoms with Gasteiger partial charge in [-0.1, -0.05) is 0 Å². The van der Waals surface area contributed by atoms with Crippen molar-refractivity contribution in [1.29, 1.82) is 0 Å². The van der Waals surface area contributed by atoms with E-state index in [1.165, 1.54) is 0 Å². The molecule has 5 N–H and O–H groups in total. The predicted molar refractivity (Wildman–Crippen MR) is 42.8 cm³/mol. The maximum Gasteiger partial charge on any atom is 0.173 e. The number of likely N-dealkylation sites (N-methyl/N-ethyl adjacent to an activating group) is 1. The Morgan fingerprint density at radius 2 is 2.08 bits per heavy atom. The zero-order valence-corrected chi connectivity index (χ0v) is 7.29. The lowest BCUT2D eigenvalue weighted by molar-refractivity contribution is -0.139. The summed E-state index contributed by atoms with van der Waals surface area (Å²) in [6, 6.07) is -0.633. The van der Waals surface area contributed by atoms with E-state index in [-0.39, 0.29) is 0 Å². The normalized spacial score (nSPS) is 42.2. The zero-order chi connectivity index (χ0) is 10.0. The summed E-state index contributed by atoms with van der Waals surface area (Å²) in [5, 5.41) is 39.2. The van der Waals surface area contributed by atoms with Gasteiger partial charge in [-0.2, -0.15) is 0 Å². The molecule has 6 heteroatoms. The van der Waals surface area contributed by atoms with Gasteiger partial charge in [0.2, 0.25) is 0 Å². The molecule has 0 aliphatic carbocycles. The SMILES string of the molecule is CN[C@@H]1C(O)OC([C@H](O)CO)[C@@H]1O. The quantitative estimate of drug-likeness (QED) is 0.327. The van der Waals surface area contributed by atoms with Gasteiger partial charge in [0.25, 0.3) is 0 Å². The van der Waals surface area contributed by atoms with E-state index in [0.29, 0.717) is 0 Å². The number of hydrogen-bond donors (Lipinski definition) is 5. The van der Waals surface area contributed by atoms with Crippen molar-refractivity contribution in [3.05, 3.63) is 0 Å². The molecule has 13 heavy (non-hydrogen) atoms. The van der Waals surface area contributed by atoms with Gasteiger partial charge in [0, 0.05) is 0 Å². The summed E-state index contributed by atoms with van der Waals surface area (Å²) in [5.74, 6) is 0. The van der Waals surface area contributed by atoms with Gasteiger partial charge in [-0.3, -0.25) is 0 Å². The Hall–Kier alpha value is -0.240. The Morgan fingerprint density at radius 3 is 2.46 bits per heavy atom. The van der Waals surface area contributed by atoms with Crippen LogP contribution in [-0.4, -0.2) is 64.7 Å². The van der Waals surface area contributed by atoms with Gasteiger partial charge < -0.3 is 30.5 Å². The average molecular weight is 193 g/mol. The zero-order valence-electron chi connectivity index (χ0n) is 7.29. The van der Waals surface area contributed by atoms with Crippen LogP contribution in [0.5, 0.6) is 0 Å². The molecule has 0 aromatic rings. The molecule has 78 valence electrons. The first kappa shape index (κ1) is 10.8. The van der Waals surface area contributed by atoms with Crippen LogP contribution in [-0.2, 0) is 4.74 Å². The van der Waals surface area contributed by atoms with E-state index < -0.39 is 37.3 Å². The number of rotatable bonds is 3. The standard InChI is InChI=1S/C7H15NO5/c1-8-4-5(11)6(3(10)2-9)13-7(4)12/h3-12H,2H2,1H3/t3-,4+,5-,6?,7?/m1/s1. The van der Waals surface area contributed by atoms with Crippen molar-refractivity contribution in [2.24, 2.45) is 0 Å². The van der Waals surface area contributed by atoms with E-state index in [1.54, 1.807) is 7.05 Å². The highest BCUT2D eigenvalue weighted by Gasteiger charge is 2.45. The fourth-order valence-corrected chi connectivity index (χ4v) is 1.43. The van der Waals surface area contributed by atoms with Crippen LogP contribution in [0.4, 0.5) is 0 Å². The second-order valence-corrected chi connectivity index (χ2v) is 3.05. The lowest BCUT2D eigenvalue weighted by Crippen LogP contribution is -2.45. The van der Waals surface area contributed by atoms with Crippen molar-refractivity contribution in [2.45, 2.75) is 30.6 Å². The molecule has 0 spiro atoms. The highest BCUT2D eigenvalue weighted by Crippen LogP contribution is 2.21. The third-order valence-electron chi connectivity index (χ3n) is 2.21. The van der Waals surface area contributed by atoms with Crippen LogP contribution >= 0.6 is 0 Å². The van der Waals surface area contributed by atoms with E-state index in [0.717, 1.165) is 0 Å². The molecule has 6 nitrogen and oxygen atoms in total. The van der Waals surface area contributed by atoms with E-state index in [4.69, 9.17) is 9.84 Å². The van der Waals surface area contributed by atoms with E-state index in [2.05, 4.69) is 5.32 Å². The van der Waals surface area contributed by atoms with Gasteiger partial charge in [0.15, 0.2) is 6.29 Å². The molecule has 1 heterocycles. The van der Waals surface area contributed by atoms with Crippen molar-refractivity contribution in [3.63, 3.8) is 0 Å². The van der Waals surface area contributed by atoms with Gasteiger partial charge in [0.05, 0.1) is 12.6 Å². The summed E-state index contributed by atoms with van der Waals surface area (Å²) in [5.41, 5.74) is 0. The summed E-state index contributed by atoms with van der Waals surface area (Å²) in [7, 11) is 1.56. The van der Waals surface area contributed by atoms with Crippen molar-refractivity contribution in [1.82, 2.24) is 5.32 Å². The third kappa shape index (κ3) is 1.98. The molecule has 0 saturated carbocycles. The lowest BCUT2D eigenvalue weighted by atomic mass is 10.0. The number of aliphatic hydroxyl groups is 4. The fraction of sp³-hybridized carbons (Fsp3) is 1.00. The Morgan fingerprint density at radius 1 is 1.46 bits per heavy atom. The van der Waals surface area contributed by atoms with Crippen LogP contribution in [0.1, 0.15) is 0 Å². The fourth-order valence-electron chi connectivity index (χ4n) is 1.43. The first-order valence-electron chi connectivity index (χ1n) is 4.09. The molecular formula is C7H15NO5. The van der Waals surface area contributed by atoms with Crippen molar-refractivity contribution >= 4 is 0 Å². The first-order chi connectivity index (χ1) is 6.11. The van der Waals surface area contributed by atoms with E-state index in [9.17, 15) is 15.3 Å². The van der Waals surface area contributed by atoms with Gasteiger partial charge in [0.1, 0.15) is 18.3 Å². The Kier molecular flexibility index (Phi) is 3.60. The van der Waals surface area contributed by atoms with Crippen LogP contribution in [0.3, 0.4) is 0 Å². The number of nitrogens with one attached hydrogen (secondary N) is 1. The number of aliphatic hydroxyl groups excluding tert-OH is 4. The average Bonchev–Trinajstić information content (AvgIpc) is 2.40. The second kappa shape index (κ2) is 4.32. The highest BCUT2D eigenvalue weighted by atomic mass is 16.6. The summed E-state index contributed by atoms with van der Waals surface area (Å²) in [6.07, 6.45) is -4.31. The highest BCUT2D eigenvalue weighted by molar-refractivity contribution is 4.93. The Labute approximate surface area is 75.8 Å². The summed E-state index contributed by atoms with van der Waals surface area (Å²) >= 11 is 0. The predicted octanol–water partition coefficient (Wildman–Crippen LogP) is -2.99. The summed E-state index contributed by atoms with van der Waals surface area (Å²) < 4.78 is 4.86. The van der Waals surface area contributed by atoms with Gasteiger partial charge in [-0.25, -0.2) is 0 Å². The van der Waals surface area contributed by atoms with Crippen LogP contribution in [0, 0.1) is 0 Å². The molecule has 1 fully saturated rings. The molecule has 5 atom stereocenters. The minimum atomic E-state index is -1.18. The van der Waals surface area contributed by atoms with E-state index >= 15 is 0 Å². The molecule has 0 amide bonds. The molecule has 1 aliphatic heterocycles. The van der Waals surface area contributed by atoms with Crippen LogP contribution in [0.2, 0.25) is 0 Å². The topological polar surface area (TPSA) is 102 Å². The van der Waals surface area contributed by atoms with Gasteiger partial charge in [-0.05, 0) is 7.05 Å². The molecule has 0 aromatic heterocycles. The van der Waals surface area contributed by atoms with Crippen LogP contribution < -0.4 is 5.32 Å². The third-order valence-corrected chi connectivity index (χ3v) is 2.21. The molecule has 0 bridgehead atoms. The Bertz CT molecular complexity index is 167. The molecule has 1 rings (SSSR count). The smallest absolute Gasteiger partial charge is 0.173 e. The van der Waals surface area contributed by atoms with Crippen molar-refractivity contribution in [2.75, 3.05) is 13.7 Å². The number of hydrogen-bond acceptors (Lipinski definition) is 6. The molecule has 0 aromatic carbocycles. The minimum absolute atomic E-state index is 0.509. The molecule has 0 radical (unpaired) electrons. The van der Waals surface area contributed by atoms with Crippen molar-refractivity contribution in [3.8, 4) is 0 Å². The molecule has 2 unspecified atom stereocenters. The lowest BCUT2D eigenvalue weighted by Gasteiger charge is -2.19. The number of ether oxygens (including phenoxy) is 1. The molecule has 1 aliphatic rings. The molecular weight excluding hydrogens is 178 g/mol. The summed E-state index contributed by atoms with van der Waals surface area (Å²) in [4.78, 5) is 0.